The second-order valence-corrected chi connectivity index (χ2v) is 15.4. The molecule has 5 atom stereocenters. The second kappa shape index (κ2) is 24.4. The van der Waals surface area contributed by atoms with E-state index in [4.69, 9.17) is 5.73 Å². The Balaban J connectivity index is 2.24. The Hall–Kier alpha value is -4.04. The number of nitrogens with one attached hydrogen (secondary N) is 5. The molecule has 0 heterocycles. The number of amides is 6. The van der Waals surface area contributed by atoms with E-state index >= 15 is 0 Å². The highest BCUT2D eigenvalue weighted by Crippen LogP contribution is 2.27. The summed E-state index contributed by atoms with van der Waals surface area (Å²) in [5.74, 6) is -3.27. The van der Waals surface area contributed by atoms with E-state index in [1.807, 2.05) is 44.2 Å². The van der Waals surface area contributed by atoms with Crippen LogP contribution in [0.2, 0.25) is 0 Å². The van der Waals surface area contributed by atoms with Gasteiger partial charge in [0.15, 0.2) is 0 Å². The molecule has 0 spiro atoms. The number of carbonyl (C=O) groups excluding carboxylic acids is 6. The first-order chi connectivity index (χ1) is 25.6. The summed E-state index contributed by atoms with van der Waals surface area (Å²) >= 11 is 0. The van der Waals surface area contributed by atoms with Crippen molar-refractivity contribution in [3.8, 4) is 0 Å². The van der Waals surface area contributed by atoms with Crippen molar-refractivity contribution in [2.45, 2.75) is 148 Å². The van der Waals surface area contributed by atoms with E-state index in [0.717, 1.165) is 57.2 Å². The summed E-state index contributed by atoms with van der Waals surface area (Å²) < 4.78 is 0. The van der Waals surface area contributed by atoms with Gasteiger partial charge in [-0.3, -0.25) is 28.8 Å². The van der Waals surface area contributed by atoms with Crippen LogP contribution in [0.15, 0.2) is 30.3 Å². The first kappa shape index (κ1) is 46.1. The molecule has 1 fully saturated rings. The number of primary amides is 1. The standard InChI is InChI=1S/C40H67N7O7/c1-7-47(27(4)5)21-15-14-20-31(38(52)46-34(25-48)36(41)50)44-40(54)33(24-30-18-12-9-13-19-30)45-37(51)28(6)42-39(53)32(43-35(49)22-26(2)3)23-29-16-10-8-11-17-29/h8,10-11,16-17,26-28,30-34,48H,7,9,12-15,18-25H2,1-6H3,(H2,41,50)(H,42,53)(H,43,49)(H,44,54)(H,45,51)(H,46,52)/t28-,31-,32?,33?,34?/m0/s1. The Morgan fingerprint density at radius 3 is 1.93 bits per heavy atom. The van der Waals surface area contributed by atoms with Gasteiger partial charge in [0.2, 0.25) is 35.4 Å². The van der Waals surface area contributed by atoms with Crippen LogP contribution in [0, 0.1) is 11.8 Å². The number of rotatable bonds is 24. The molecule has 0 aromatic heterocycles. The SMILES string of the molecule is CCN(CCCC[C@H](NC(=O)C(CC1CCCCC1)NC(=O)[C@H](C)NC(=O)C(Cc1ccccc1)NC(=O)CC(C)C)C(=O)NC(CO)C(N)=O)C(C)C. The molecule has 2 rings (SSSR count). The Kier molecular flexibility index (Phi) is 20.8. The molecule has 0 saturated heterocycles. The summed E-state index contributed by atoms with van der Waals surface area (Å²) in [6.07, 6.45) is 7.32. The molecule has 304 valence electrons. The number of carbonyl (C=O) groups is 6. The van der Waals surface area contributed by atoms with Crippen LogP contribution in [0.5, 0.6) is 0 Å². The molecule has 0 aliphatic heterocycles. The summed E-state index contributed by atoms with van der Waals surface area (Å²) in [6, 6.07) is 4.24. The van der Waals surface area contributed by atoms with Crippen LogP contribution >= 0.6 is 0 Å². The maximum absolute atomic E-state index is 14.0. The molecule has 14 nitrogen and oxygen atoms in total. The summed E-state index contributed by atoms with van der Waals surface area (Å²) in [5.41, 5.74) is 6.20. The molecular formula is C40H67N7O7. The minimum atomic E-state index is -1.32. The fourth-order valence-electron chi connectivity index (χ4n) is 6.81. The minimum Gasteiger partial charge on any atom is -0.394 e. The van der Waals surface area contributed by atoms with E-state index in [-0.39, 0.29) is 37.0 Å². The summed E-state index contributed by atoms with van der Waals surface area (Å²) in [5, 5.41) is 23.3. The lowest BCUT2D eigenvalue weighted by Gasteiger charge is -2.29. The molecule has 6 amide bonds. The zero-order valence-electron chi connectivity index (χ0n) is 33.3. The summed E-state index contributed by atoms with van der Waals surface area (Å²) in [4.78, 5) is 81.5. The van der Waals surface area contributed by atoms with Gasteiger partial charge in [-0.1, -0.05) is 83.2 Å². The van der Waals surface area contributed by atoms with Gasteiger partial charge < -0.3 is 42.3 Å². The molecule has 1 saturated carbocycles. The molecular weight excluding hydrogens is 690 g/mol. The topological polar surface area (TPSA) is 212 Å². The van der Waals surface area contributed by atoms with Crippen LogP contribution in [0.25, 0.3) is 0 Å². The quantitative estimate of drug-likeness (QED) is 0.0775. The number of nitrogens with two attached hydrogens (primary N) is 1. The number of unbranched alkanes of at least 4 members (excludes halogenated alkanes) is 1. The Bertz CT molecular complexity index is 1340. The largest absolute Gasteiger partial charge is 0.394 e. The lowest BCUT2D eigenvalue weighted by molar-refractivity contribution is -0.135. The molecule has 0 radical (unpaired) electrons. The molecule has 1 aliphatic carbocycles. The van der Waals surface area contributed by atoms with Crippen molar-refractivity contribution in [3.63, 3.8) is 0 Å². The van der Waals surface area contributed by atoms with Crippen LogP contribution in [0.1, 0.15) is 111 Å². The predicted octanol–water partition coefficient (Wildman–Crippen LogP) is 2.07. The van der Waals surface area contributed by atoms with E-state index < -0.39 is 66.4 Å². The Morgan fingerprint density at radius 2 is 1.35 bits per heavy atom. The summed E-state index contributed by atoms with van der Waals surface area (Å²) in [7, 11) is 0. The van der Waals surface area contributed by atoms with Crippen molar-refractivity contribution in [1.29, 1.82) is 0 Å². The number of hydrogen-bond acceptors (Lipinski definition) is 8. The van der Waals surface area contributed by atoms with E-state index in [0.29, 0.717) is 18.9 Å². The number of aliphatic hydroxyl groups excluding tert-OH is 1. The third-order valence-electron chi connectivity index (χ3n) is 10.0. The fourth-order valence-corrected chi connectivity index (χ4v) is 6.81. The van der Waals surface area contributed by atoms with E-state index in [1.54, 1.807) is 0 Å². The number of nitrogens with zero attached hydrogens (tertiary/aromatic N) is 1. The molecule has 0 bridgehead atoms. The van der Waals surface area contributed by atoms with Crippen LogP contribution in [0.4, 0.5) is 0 Å². The van der Waals surface area contributed by atoms with Crippen LogP contribution in [-0.4, -0.2) is 101 Å². The summed E-state index contributed by atoms with van der Waals surface area (Å²) in [6.45, 7) is 12.6. The van der Waals surface area contributed by atoms with Crippen molar-refractivity contribution >= 4 is 35.4 Å². The van der Waals surface area contributed by atoms with Crippen molar-refractivity contribution in [2.75, 3.05) is 19.7 Å². The van der Waals surface area contributed by atoms with Gasteiger partial charge in [-0.25, -0.2) is 0 Å². The lowest BCUT2D eigenvalue weighted by atomic mass is 9.84. The number of benzene rings is 1. The van der Waals surface area contributed by atoms with Crippen molar-refractivity contribution < 1.29 is 33.9 Å². The normalized spacial score (nSPS) is 16.2. The maximum atomic E-state index is 14.0. The van der Waals surface area contributed by atoms with Crippen LogP contribution in [0.3, 0.4) is 0 Å². The van der Waals surface area contributed by atoms with Crippen molar-refractivity contribution in [3.05, 3.63) is 35.9 Å². The first-order valence-corrected chi connectivity index (χ1v) is 19.8. The smallest absolute Gasteiger partial charge is 0.243 e. The van der Waals surface area contributed by atoms with Gasteiger partial charge in [0.1, 0.15) is 30.2 Å². The van der Waals surface area contributed by atoms with Gasteiger partial charge in [-0.2, -0.15) is 0 Å². The number of aliphatic hydroxyl groups is 1. The van der Waals surface area contributed by atoms with Gasteiger partial charge in [-0.05, 0) is 76.9 Å². The van der Waals surface area contributed by atoms with Gasteiger partial charge in [0.05, 0.1) is 6.61 Å². The molecule has 54 heavy (non-hydrogen) atoms. The Morgan fingerprint density at radius 1 is 0.759 bits per heavy atom. The van der Waals surface area contributed by atoms with E-state index in [9.17, 15) is 33.9 Å². The van der Waals surface area contributed by atoms with Gasteiger partial charge in [-0.15, -0.1) is 0 Å². The second-order valence-electron chi connectivity index (χ2n) is 15.4. The van der Waals surface area contributed by atoms with Gasteiger partial charge >= 0.3 is 0 Å². The lowest BCUT2D eigenvalue weighted by Crippen LogP contribution is -2.59. The average Bonchev–Trinajstić information content (AvgIpc) is 3.12. The zero-order chi connectivity index (χ0) is 40.2. The third kappa shape index (κ3) is 17.0. The van der Waals surface area contributed by atoms with Gasteiger partial charge in [0.25, 0.3) is 0 Å². The average molecular weight is 758 g/mol. The fraction of sp³-hybridized carbons (Fsp3) is 0.700. The van der Waals surface area contributed by atoms with E-state index in [2.05, 4.69) is 52.3 Å². The highest BCUT2D eigenvalue weighted by Gasteiger charge is 2.33. The molecule has 14 heteroatoms. The molecule has 3 unspecified atom stereocenters. The molecule has 1 aliphatic rings. The zero-order valence-corrected chi connectivity index (χ0v) is 33.3. The van der Waals surface area contributed by atoms with Crippen LogP contribution < -0.4 is 32.3 Å². The maximum Gasteiger partial charge on any atom is 0.243 e. The third-order valence-corrected chi connectivity index (χ3v) is 10.0. The first-order valence-electron chi connectivity index (χ1n) is 19.8. The van der Waals surface area contributed by atoms with Crippen molar-refractivity contribution in [1.82, 2.24) is 31.5 Å². The Labute approximate surface area is 321 Å². The minimum absolute atomic E-state index is 0.0867. The predicted molar refractivity (Wildman–Crippen MR) is 209 cm³/mol. The molecule has 1 aromatic rings. The highest BCUT2D eigenvalue weighted by molar-refractivity contribution is 5.96. The number of hydrogen-bond donors (Lipinski definition) is 7. The van der Waals surface area contributed by atoms with Gasteiger partial charge in [0, 0.05) is 18.9 Å². The molecule has 8 N–H and O–H groups in total. The van der Waals surface area contributed by atoms with Crippen molar-refractivity contribution in [2.24, 2.45) is 17.6 Å². The highest BCUT2D eigenvalue weighted by atomic mass is 16.3. The van der Waals surface area contributed by atoms with Crippen LogP contribution in [-0.2, 0) is 35.2 Å². The molecule has 1 aromatic carbocycles. The monoisotopic (exact) mass is 758 g/mol. The van der Waals surface area contributed by atoms with E-state index in [1.165, 1.54) is 6.92 Å².